The molecule has 232 valence electrons. The van der Waals surface area contributed by atoms with Crippen LogP contribution in [0.5, 0.6) is 5.75 Å². The summed E-state index contributed by atoms with van der Waals surface area (Å²) in [5.74, 6) is 0.931. The van der Waals surface area contributed by atoms with Gasteiger partial charge >= 0.3 is 0 Å². The lowest BCUT2D eigenvalue weighted by atomic mass is 9.90. The van der Waals surface area contributed by atoms with Crippen molar-refractivity contribution in [3.05, 3.63) is 181 Å². The highest BCUT2D eigenvalue weighted by Crippen LogP contribution is 2.53. The quantitative estimate of drug-likeness (QED) is 0.189. The minimum Gasteiger partial charge on any atom is -0.484 e. The molecule has 0 N–H and O–H groups in total. The molecule has 2 heterocycles. The standard InChI is InChI=1S/C46H31NO2/c1-3-12-30(13-4-1)31-22-24-34(25-23-31)47(40-20-11-17-32-14-7-8-18-36(32)40)35-26-27-37-39-29-43-45(38-19-9-10-21-41(38)48-43)44(33-15-5-2-6-16-33)46(39)49-42(37)28-35/h1-27,29,42H,28H2. The van der Waals surface area contributed by atoms with Gasteiger partial charge in [-0.2, -0.15) is 0 Å². The smallest absolute Gasteiger partial charge is 0.136 e. The molecule has 3 heteroatoms. The molecule has 0 spiro atoms. The van der Waals surface area contributed by atoms with Crippen molar-refractivity contribution in [2.75, 3.05) is 4.90 Å². The van der Waals surface area contributed by atoms with Gasteiger partial charge in [0.15, 0.2) is 0 Å². The Morgan fingerprint density at radius 3 is 2.04 bits per heavy atom. The van der Waals surface area contributed by atoms with Crippen LogP contribution in [0.2, 0.25) is 0 Å². The average molecular weight is 630 g/mol. The van der Waals surface area contributed by atoms with Gasteiger partial charge in [-0.1, -0.05) is 133 Å². The second-order valence-corrected chi connectivity index (χ2v) is 12.8. The molecule has 0 fully saturated rings. The number of nitrogens with zero attached hydrogens (tertiary/aromatic N) is 1. The molecule has 1 aliphatic heterocycles. The van der Waals surface area contributed by atoms with Crippen LogP contribution >= 0.6 is 0 Å². The Kier molecular flexibility index (Phi) is 6.31. The Morgan fingerprint density at radius 1 is 0.551 bits per heavy atom. The van der Waals surface area contributed by atoms with E-state index in [1.165, 1.54) is 33.2 Å². The third-order valence-electron chi connectivity index (χ3n) is 9.98. The SMILES string of the molecule is C1=C2c3cc4oc5ccccc5c4c(-c4ccccc4)c3OC2CC(N(c2ccc(-c3ccccc3)cc2)c2cccc3ccccc23)=C1. The summed E-state index contributed by atoms with van der Waals surface area (Å²) in [6.07, 6.45) is 5.13. The van der Waals surface area contributed by atoms with Crippen LogP contribution in [0.1, 0.15) is 12.0 Å². The number of anilines is 2. The van der Waals surface area contributed by atoms with Crippen LogP contribution in [-0.2, 0) is 0 Å². The molecule has 0 amide bonds. The van der Waals surface area contributed by atoms with E-state index in [0.29, 0.717) is 0 Å². The van der Waals surface area contributed by atoms with Crippen LogP contribution in [0, 0.1) is 0 Å². The van der Waals surface area contributed by atoms with Crippen LogP contribution in [0.3, 0.4) is 0 Å². The van der Waals surface area contributed by atoms with Crippen LogP contribution in [0.4, 0.5) is 11.4 Å². The first-order valence-corrected chi connectivity index (χ1v) is 16.8. The molecule has 2 aliphatic rings. The van der Waals surface area contributed by atoms with E-state index in [-0.39, 0.29) is 6.10 Å². The Balaban J connectivity index is 1.12. The lowest BCUT2D eigenvalue weighted by molar-refractivity contribution is 0.276. The van der Waals surface area contributed by atoms with Gasteiger partial charge in [-0.05, 0) is 58.5 Å². The highest BCUT2D eigenvalue weighted by Gasteiger charge is 2.37. The van der Waals surface area contributed by atoms with Crippen molar-refractivity contribution >= 4 is 49.7 Å². The number of para-hydroxylation sites is 1. The number of hydrogen-bond donors (Lipinski definition) is 0. The Hall–Kier alpha value is -6.32. The number of furan rings is 1. The molecule has 49 heavy (non-hydrogen) atoms. The van der Waals surface area contributed by atoms with Gasteiger partial charge in [0.2, 0.25) is 0 Å². The Labute approximate surface area is 284 Å². The summed E-state index contributed by atoms with van der Waals surface area (Å²) in [5, 5.41) is 4.63. The highest BCUT2D eigenvalue weighted by atomic mass is 16.5. The highest BCUT2D eigenvalue weighted by molar-refractivity contribution is 6.16. The number of rotatable bonds is 5. The topological polar surface area (TPSA) is 25.6 Å². The third kappa shape index (κ3) is 4.51. The summed E-state index contributed by atoms with van der Waals surface area (Å²) in [6, 6.07) is 55.7. The number of ether oxygens (including phenoxy) is 1. The summed E-state index contributed by atoms with van der Waals surface area (Å²) in [5.41, 5.74) is 12.1. The van der Waals surface area contributed by atoms with Crippen molar-refractivity contribution in [2.24, 2.45) is 0 Å². The number of benzene rings is 7. The van der Waals surface area contributed by atoms with E-state index in [0.717, 1.165) is 62.2 Å². The van der Waals surface area contributed by atoms with Gasteiger partial charge in [0.25, 0.3) is 0 Å². The zero-order valence-electron chi connectivity index (χ0n) is 26.7. The van der Waals surface area contributed by atoms with Gasteiger partial charge in [-0.3, -0.25) is 0 Å². The molecule has 1 aliphatic carbocycles. The summed E-state index contributed by atoms with van der Waals surface area (Å²) in [6.45, 7) is 0. The Morgan fingerprint density at radius 2 is 1.22 bits per heavy atom. The van der Waals surface area contributed by atoms with Gasteiger partial charge in [0.05, 0.1) is 5.69 Å². The van der Waals surface area contributed by atoms with Gasteiger partial charge in [0, 0.05) is 50.7 Å². The van der Waals surface area contributed by atoms with E-state index in [9.17, 15) is 0 Å². The van der Waals surface area contributed by atoms with E-state index in [4.69, 9.17) is 9.15 Å². The summed E-state index contributed by atoms with van der Waals surface area (Å²) >= 11 is 0. The van der Waals surface area contributed by atoms with Crippen LogP contribution in [0.15, 0.2) is 180 Å². The van der Waals surface area contributed by atoms with E-state index in [1.54, 1.807) is 0 Å². The molecule has 0 saturated heterocycles. The fourth-order valence-electron chi connectivity index (χ4n) is 7.72. The fraction of sp³-hybridized carbons (Fsp3) is 0.0435. The minimum absolute atomic E-state index is 0.128. The summed E-state index contributed by atoms with van der Waals surface area (Å²) in [4.78, 5) is 2.41. The van der Waals surface area contributed by atoms with Crippen LogP contribution in [-0.4, -0.2) is 6.10 Å². The molecule has 0 bridgehead atoms. The Bertz CT molecular complexity index is 2590. The number of fused-ring (bicyclic) bond motifs is 7. The predicted molar refractivity (Wildman–Crippen MR) is 202 cm³/mol. The molecule has 1 aromatic heterocycles. The molecule has 1 unspecified atom stereocenters. The predicted octanol–water partition coefficient (Wildman–Crippen LogP) is 12.3. The molecule has 7 aromatic carbocycles. The molecule has 10 rings (SSSR count). The van der Waals surface area contributed by atoms with Crippen molar-refractivity contribution in [3.8, 4) is 28.0 Å². The van der Waals surface area contributed by atoms with Crippen LogP contribution in [0.25, 0.3) is 60.5 Å². The average Bonchev–Trinajstić information content (AvgIpc) is 3.72. The first-order valence-electron chi connectivity index (χ1n) is 16.8. The number of hydrogen-bond acceptors (Lipinski definition) is 3. The van der Waals surface area contributed by atoms with Crippen molar-refractivity contribution in [1.29, 1.82) is 0 Å². The van der Waals surface area contributed by atoms with Crippen molar-refractivity contribution in [1.82, 2.24) is 0 Å². The monoisotopic (exact) mass is 629 g/mol. The molecule has 8 aromatic rings. The van der Waals surface area contributed by atoms with Gasteiger partial charge in [-0.15, -0.1) is 0 Å². The second-order valence-electron chi connectivity index (χ2n) is 12.8. The van der Waals surface area contributed by atoms with E-state index < -0.39 is 0 Å². The molecule has 0 radical (unpaired) electrons. The number of allylic oxidation sites excluding steroid dienone is 2. The molecular formula is C46H31NO2. The fourth-order valence-corrected chi connectivity index (χ4v) is 7.72. The van der Waals surface area contributed by atoms with E-state index in [1.807, 2.05) is 12.1 Å². The normalized spacial score (nSPS) is 15.1. The lowest BCUT2D eigenvalue weighted by Gasteiger charge is -2.32. The van der Waals surface area contributed by atoms with Crippen molar-refractivity contribution in [3.63, 3.8) is 0 Å². The van der Waals surface area contributed by atoms with Crippen LogP contribution < -0.4 is 9.64 Å². The largest absolute Gasteiger partial charge is 0.484 e. The maximum Gasteiger partial charge on any atom is 0.136 e. The zero-order valence-corrected chi connectivity index (χ0v) is 26.7. The van der Waals surface area contributed by atoms with Gasteiger partial charge < -0.3 is 14.1 Å². The first-order chi connectivity index (χ1) is 24.3. The van der Waals surface area contributed by atoms with Gasteiger partial charge in [0.1, 0.15) is 23.0 Å². The second kappa shape index (κ2) is 11.1. The summed E-state index contributed by atoms with van der Waals surface area (Å²) < 4.78 is 13.5. The molecule has 1 atom stereocenters. The molecular weight excluding hydrogens is 599 g/mol. The van der Waals surface area contributed by atoms with Gasteiger partial charge in [-0.25, -0.2) is 0 Å². The van der Waals surface area contributed by atoms with E-state index in [2.05, 4.69) is 163 Å². The minimum atomic E-state index is -0.128. The van der Waals surface area contributed by atoms with Crippen molar-refractivity contribution < 1.29 is 9.15 Å². The lowest BCUT2D eigenvalue weighted by Crippen LogP contribution is -2.25. The maximum atomic E-state index is 7.06. The first kappa shape index (κ1) is 27.8. The molecule has 0 saturated carbocycles. The summed E-state index contributed by atoms with van der Waals surface area (Å²) in [7, 11) is 0. The zero-order chi connectivity index (χ0) is 32.3. The van der Waals surface area contributed by atoms with E-state index >= 15 is 0 Å². The molecule has 3 nitrogen and oxygen atoms in total. The van der Waals surface area contributed by atoms with Crippen molar-refractivity contribution in [2.45, 2.75) is 12.5 Å². The third-order valence-corrected chi connectivity index (χ3v) is 9.98. The maximum absolute atomic E-state index is 7.06.